The highest BCUT2D eigenvalue weighted by atomic mass is 14.8. The summed E-state index contributed by atoms with van der Waals surface area (Å²) in [5, 5.41) is 8.69. The summed E-state index contributed by atoms with van der Waals surface area (Å²) in [6.45, 7) is 0. The van der Waals surface area contributed by atoms with E-state index in [0.29, 0.717) is 0 Å². The lowest BCUT2D eigenvalue weighted by Crippen LogP contribution is -1.83. The van der Waals surface area contributed by atoms with E-state index in [-0.39, 0.29) is 0 Å². The van der Waals surface area contributed by atoms with E-state index < -0.39 is 0 Å². The van der Waals surface area contributed by atoms with Crippen molar-refractivity contribution in [1.82, 2.24) is 4.40 Å². The number of hydrogen-bond acceptors (Lipinski definition) is 1. The number of nitriles is 1. The highest BCUT2D eigenvalue weighted by Gasteiger charge is 1.96. The van der Waals surface area contributed by atoms with Crippen LogP contribution in [0.5, 0.6) is 0 Å². The molecule has 0 N–H and O–H groups in total. The van der Waals surface area contributed by atoms with E-state index >= 15 is 0 Å². The van der Waals surface area contributed by atoms with Crippen LogP contribution in [0.15, 0.2) is 36.7 Å². The van der Waals surface area contributed by atoms with Gasteiger partial charge in [-0.05, 0) is 24.3 Å². The Labute approximate surface area is 64.3 Å². The Kier molecular flexibility index (Phi) is 1.16. The summed E-state index contributed by atoms with van der Waals surface area (Å²) in [5.74, 6) is 0. The molecule has 11 heavy (non-hydrogen) atoms. The minimum absolute atomic E-state index is 0.720. The van der Waals surface area contributed by atoms with Gasteiger partial charge >= 0.3 is 0 Å². The van der Waals surface area contributed by atoms with Crippen molar-refractivity contribution in [2.45, 2.75) is 0 Å². The van der Waals surface area contributed by atoms with E-state index in [1.54, 1.807) is 0 Å². The molecule has 0 atom stereocenters. The summed E-state index contributed by atoms with van der Waals surface area (Å²) < 4.78 is 1.93. The lowest BCUT2D eigenvalue weighted by molar-refractivity contribution is 1.19. The molecule has 2 heteroatoms. The van der Waals surface area contributed by atoms with Crippen molar-refractivity contribution in [3.8, 4) is 6.07 Å². The Morgan fingerprint density at radius 3 is 2.64 bits per heavy atom. The van der Waals surface area contributed by atoms with Gasteiger partial charge in [-0.3, -0.25) is 0 Å². The van der Waals surface area contributed by atoms with Gasteiger partial charge in [0.25, 0.3) is 0 Å². The molecule has 2 aromatic rings. The third-order valence-electron chi connectivity index (χ3n) is 1.68. The van der Waals surface area contributed by atoms with E-state index in [9.17, 15) is 0 Å². The SMILES string of the molecule is N#Cc1cccn2cccc12. The van der Waals surface area contributed by atoms with Gasteiger partial charge < -0.3 is 4.40 Å². The Balaban J connectivity index is 2.92. The van der Waals surface area contributed by atoms with Gasteiger partial charge in [-0.15, -0.1) is 0 Å². The molecule has 0 saturated carbocycles. The average molecular weight is 142 g/mol. The van der Waals surface area contributed by atoms with Crippen molar-refractivity contribution >= 4 is 5.52 Å². The molecule has 52 valence electrons. The number of pyridine rings is 1. The van der Waals surface area contributed by atoms with Gasteiger partial charge in [0.05, 0.1) is 11.1 Å². The van der Waals surface area contributed by atoms with Crippen LogP contribution in [0.1, 0.15) is 5.56 Å². The summed E-state index contributed by atoms with van der Waals surface area (Å²) in [7, 11) is 0. The molecule has 2 aromatic heterocycles. The first-order chi connectivity index (χ1) is 5.42. The van der Waals surface area contributed by atoms with Gasteiger partial charge in [0.15, 0.2) is 0 Å². The average Bonchev–Trinajstić information content (AvgIpc) is 2.50. The topological polar surface area (TPSA) is 28.2 Å². The lowest BCUT2D eigenvalue weighted by atomic mass is 10.2. The van der Waals surface area contributed by atoms with Gasteiger partial charge in [0.2, 0.25) is 0 Å². The van der Waals surface area contributed by atoms with Crippen LogP contribution in [0.4, 0.5) is 0 Å². The fraction of sp³-hybridized carbons (Fsp3) is 0. The maximum atomic E-state index is 8.69. The first-order valence-corrected chi connectivity index (χ1v) is 3.37. The molecule has 0 amide bonds. The molecule has 0 bridgehead atoms. The fourth-order valence-corrected chi connectivity index (χ4v) is 1.16. The van der Waals surface area contributed by atoms with Crippen molar-refractivity contribution in [3.05, 3.63) is 42.2 Å². The molecule has 0 aromatic carbocycles. The van der Waals surface area contributed by atoms with Crippen LogP contribution in [0.25, 0.3) is 5.52 Å². The van der Waals surface area contributed by atoms with Crippen LogP contribution in [0.2, 0.25) is 0 Å². The smallest absolute Gasteiger partial charge is 0.101 e. The zero-order valence-electron chi connectivity index (χ0n) is 5.86. The quantitative estimate of drug-likeness (QED) is 0.551. The van der Waals surface area contributed by atoms with E-state index in [2.05, 4.69) is 6.07 Å². The second-order valence-electron chi connectivity index (χ2n) is 2.33. The molecule has 0 saturated heterocycles. The summed E-state index contributed by atoms with van der Waals surface area (Å²) in [6.07, 6.45) is 3.85. The first kappa shape index (κ1) is 5.99. The Bertz CT molecular complexity index is 420. The van der Waals surface area contributed by atoms with E-state index in [1.165, 1.54) is 0 Å². The van der Waals surface area contributed by atoms with Crippen molar-refractivity contribution in [2.75, 3.05) is 0 Å². The zero-order chi connectivity index (χ0) is 7.68. The van der Waals surface area contributed by atoms with Crippen molar-refractivity contribution in [1.29, 1.82) is 5.26 Å². The summed E-state index contributed by atoms with van der Waals surface area (Å²) in [4.78, 5) is 0. The Morgan fingerprint density at radius 2 is 1.91 bits per heavy atom. The molecule has 0 aliphatic heterocycles. The van der Waals surface area contributed by atoms with Gasteiger partial charge in [-0.2, -0.15) is 5.26 Å². The third kappa shape index (κ3) is 0.786. The second kappa shape index (κ2) is 2.14. The molecule has 0 radical (unpaired) electrons. The molecule has 0 unspecified atom stereocenters. The van der Waals surface area contributed by atoms with Crippen LogP contribution in [-0.2, 0) is 0 Å². The fourth-order valence-electron chi connectivity index (χ4n) is 1.16. The number of nitrogens with zero attached hydrogens (tertiary/aromatic N) is 2. The normalized spacial score (nSPS) is 9.73. The molecular weight excluding hydrogens is 136 g/mol. The molecule has 0 aliphatic carbocycles. The third-order valence-corrected chi connectivity index (χ3v) is 1.68. The maximum absolute atomic E-state index is 8.69. The zero-order valence-corrected chi connectivity index (χ0v) is 5.86. The van der Waals surface area contributed by atoms with E-state index in [4.69, 9.17) is 5.26 Å². The van der Waals surface area contributed by atoms with Crippen molar-refractivity contribution in [3.63, 3.8) is 0 Å². The number of rotatable bonds is 0. The highest BCUT2D eigenvalue weighted by molar-refractivity contribution is 5.60. The first-order valence-electron chi connectivity index (χ1n) is 3.37. The van der Waals surface area contributed by atoms with Crippen LogP contribution in [-0.4, -0.2) is 4.40 Å². The molecule has 2 rings (SSSR count). The summed E-state index contributed by atoms with van der Waals surface area (Å²) >= 11 is 0. The van der Waals surface area contributed by atoms with Gasteiger partial charge in [0, 0.05) is 12.4 Å². The monoisotopic (exact) mass is 142 g/mol. The number of aromatic nitrogens is 1. The van der Waals surface area contributed by atoms with Crippen LogP contribution in [0, 0.1) is 11.3 Å². The Hall–Kier alpha value is -1.75. The van der Waals surface area contributed by atoms with Gasteiger partial charge in [-0.1, -0.05) is 0 Å². The number of hydrogen-bond donors (Lipinski definition) is 0. The lowest BCUT2D eigenvalue weighted by Gasteiger charge is -1.93. The Morgan fingerprint density at radius 1 is 1.18 bits per heavy atom. The highest BCUT2D eigenvalue weighted by Crippen LogP contribution is 2.09. The van der Waals surface area contributed by atoms with Crippen LogP contribution >= 0.6 is 0 Å². The van der Waals surface area contributed by atoms with Crippen LogP contribution < -0.4 is 0 Å². The van der Waals surface area contributed by atoms with E-state index in [1.807, 2.05) is 41.1 Å². The largest absolute Gasteiger partial charge is 0.323 e. The molecule has 0 aliphatic rings. The standard InChI is InChI=1S/C9H6N2/c10-7-8-3-1-5-11-6-2-4-9(8)11/h1-6H. The minimum atomic E-state index is 0.720. The summed E-state index contributed by atoms with van der Waals surface area (Å²) in [5.41, 5.74) is 1.69. The maximum Gasteiger partial charge on any atom is 0.101 e. The molecule has 0 spiro atoms. The number of fused-ring (bicyclic) bond motifs is 1. The summed E-state index contributed by atoms with van der Waals surface area (Å²) in [6, 6.07) is 9.67. The van der Waals surface area contributed by atoms with Gasteiger partial charge in [0.1, 0.15) is 6.07 Å². The molecule has 2 heterocycles. The second-order valence-corrected chi connectivity index (χ2v) is 2.33. The van der Waals surface area contributed by atoms with E-state index in [0.717, 1.165) is 11.1 Å². The predicted octanol–water partition coefficient (Wildman–Crippen LogP) is 1.81. The molecule has 2 nitrogen and oxygen atoms in total. The van der Waals surface area contributed by atoms with Crippen molar-refractivity contribution in [2.24, 2.45) is 0 Å². The minimum Gasteiger partial charge on any atom is -0.323 e. The van der Waals surface area contributed by atoms with Gasteiger partial charge in [-0.25, -0.2) is 0 Å². The predicted molar refractivity (Wildman–Crippen MR) is 42.1 cm³/mol. The molecular formula is C9H6N2. The molecule has 0 fully saturated rings. The van der Waals surface area contributed by atoms with Crippen molar-refractivity contribution < 1.29 is 0 Å². The van der Waals surface area contributed by atoms with Crippen LogP contribution in [0.3, 0.4) is 0 Å².